The zero-order chi connectivity index (χ0) is 8.39. The largest absolute Gasteiger partial charge is 0.364 e. The Morgan fingerprint density at radius 3 is 3.17 bits per heavy atom. The topological polar surface area (TPSA) is 26.0 Å². The summed E-state index contributed by atoms with van der Waals surface area (Å²) in [4.78, 5) is 0.756. The summed E-state index contributed by atoms with van der Waals surface area (Å²) in [7, 11) is 0. The van der Waals surface area contributed by atoms with Crippen LogP contribution in [-0.4, -0.2) is 10.0 Å². The maximum Gasteiger partial charge on any atom is 0.124 e. The first-order valence-corrected chi connectivity index (χ1v) is 3.99. The van der Waals surface area contributed by atoms with Gasteiger partial charge in [-0.2, -0.15) is 0 Å². The van der Waals surface area contributed by atoms with Crippen molar-refractivity contribution in [2.24, 2.45) is 0 Å². The predicted molar refractivity (Wildman–Crippen MR) is 48.8 cm³/mol. The van der Waals surface area contributed by atoms with E-state index in [9.17, 15) is 0 Å². The van der Waals surface area contributed by atoms with Crippen LogP contribution in [0.3, 0.4) is 0 Å². The average molecular weight is 176 g/mol. The number of aromatic nitrogens is 1. The second-order valence-corrected chi connectivity index (χ2v) is 2.90. The molecule has 0 bridgehead atoms. The molecule has 0 fully saturated rings. The van der Waals surface area contributed by atoms with Crippen LogP contribution in [0, 0.1) is 6.08 Å². The highest BCUT2D eigenvalue weighted by molar-refractivity contribution is 7.80. The van der Waals surface area contributed by atoms with Crippen molar-refractivity contribution in [2.45, 2.75) is 5.92 Å². The van der Waals surface area contributed by atoms with Crippen molar-refractivity contribution in [3.8, 4) is 0 Å². The molecule has 0 aromatic carbocycles. The second kappa shape index (κ2) is 3.03. The summed E-state index contributed by atoms with van der Waals surface area (Å²) in [6.45, 7) is 0. The van der Waals surface area contributed by atoms with Gasteiger partial charge in [0.05, 0.1) is 11.6 Å². The standard InChI is InChI=1S/C9H6NOS/c12-9-4-2-1-3-7(9)8-5-6-11-10-8/h1-3,5-7H. The molecule has 59 valence electrons. The van der Waals surface area contributed by atoms with E-state index in [0.29, 0.717) is 0 Å². The van der Waals surface area contributed by atoms with Crippen molar-refractivity contribution in [1.82, 2.24) is 5.16 Å². The van der Waals surface area contributed by atoms with E-state index in [1.165, 1.54) is 0 Å². The van der Waals surface area contributed by atoms with Gasteiger partial charge in [0.1, 0.15) is 6.26 Å². The molecule has 1 radical (unpaired) electrons. The van der Waals surface area contributed by atoms with Crippen LogP contribution in [0.2, 0.25) is 0 Å². The fourth-order valence-electron chi connectivity index (χ4n) is 1.09. The number of rotatable bonds is 1. The lowest BCUT2D eigenvalue weighted by Crippen LogP contribution is -2.08. The minimum atomic E-state index is 0.0590. The molecular weight excluding hydrogens is 170 g/mol. The summed E-state index contributed by atoms with van der Waals surface area (Å²) in [6.07, 6.45) is 10.2. The van der Waals surface area contributed by atoms with Gasteiger partial charge in [0.2, 0.25) is 0 Å². The molecule has 1 aliphatic rings. The molecular formula is C9H6NOS. The Bertz CT molecular complexity index is 337. The number of nitrogens with zero attached hydrogens (tertiary/aromatic N) is 1. The van der Waals surface area contributed by atoms with E-state index in [4.69, 9.17) is 16.7 Å². The molecule has 12 heavy (non-hydrogen) atoms. The van der Waals surface area contributed by atoms with Gasteiger partial charge in [-0.3, -0.25) is 0 Å². The highest BCUT2D eigenvalue weighted by atomic mass is 32.1. The van der Waals surface area contributed by atoms with Crippen molar-refractivity contribution in [2.75, 3.05) is 0 Å². The van der Waals surface area contributed by atoms with Crippen LogP contribution in [0.5, 0.6) is 0 Å². The first-order valence-electron chi connectivity index (χ1n) is 3.58. The number of hydrogen-bond donors (Lipinski definition) is 0. The lowest BCUT2D eigenvalue weighted by Gasteiger charge is -2.09. The SMILES string of the molecule is S=C1[C]=CC=CC1c1ccon1. The molecule has 0 N–H and O–H groups in total. The van der Waals surface area contributed by atoms with Crippen LogP contribution in [0.25, 0.3) is 0 Å². The van der Waals surface area contributed by atoms with Crippen LogP contribution in [-0.2, 0) is 0 Å². The molecule has 3 heteroatoms. The van der Waals surface area contributed by atoms with Gasteiger partial charge in [-0.1, -0.05) is 35.6 Å². The normalized spacial score (nSPS) is 21.7. The first kappa shape index (κ1) is 7.43. The molecule has 1 aromatic rings. The molecule has 1 heterocycles. The summed E-state index contributed by atoms with van der Waals surface area (Å²) in [5.41, 5.74) is 0.844. The van der Waals surface area contributed by atoms with E-state index in [1.54, 1.807) is 12.3 Å². The maximum absolute atomic E-state index is 5.10. The monoisotopic (exact) mass is 176 g/mol. The molecule has 0 spiro atoms. The van der Waals surface area contributed by atoms with Crippen LogP contribution >= 0.6 is 12.2 Å². The van der Waals surface area contributed by atoms with Gasteiger partial charge in [-0.25, -0.2) is 0 Å². The summed E-state index contributed by atoms with van der Waals surface area (Å²) in [6, 6.07) is 1.81. The van der Waals surface area contributed by atoms with E-state index >= 15 is 0 Å². The third-order valence-electron chi connectivity index (χ3n) is 1.68. The van der Waals surface area contributed by atoms with E-state index in [2.05, 4.69) is 11.2 Å². The fourth-order valence-corrected chi connectivity index (χ4v) is 1.36. The summed E-state index contributed by atoms with van der Waals surface area (Å²) in [5.74, 6) is 0.0590. The Hall–Kier alpha value is -1.22. The van der Waals surface area contributed by atoms with Crippen molar-refractivity contribution in [3.05, 3.63) is 42.3 Å². The summed E-state index contributed by atoms with van der Waals surface area (Å²) >= 11 is 5.10. The molecule has 2 rings (SSSR count). The maximum atomic E-state index is 5.10. The molecule has 0 saturated carbocycles. The zero-order valence-corrected chi connectivity index (χ0v) is 7.04. The minimum absolute atomic E-state index is 0.0590. The van der Waals surface area contributed by atoms with Crippen LogP contribution in [0.4, 0.5) is 0 Å². The lowest BCUT2D eigenvalue weighted by molar-refractivity contribution is 0.412. The van der Waals surface area contributed by atoms with Gasteiger partial charge in [-0.15, -0.1) is 0 Å². The Balaban J connectivity index is 2.31. The van der Waals surface area contributed by atoms with Crippen molar-refractivity contribution >= 4 is 17.1 Å². The number of thiocarbonyl (C=S) groups is 1. The summed E-state index contributed by atoms with van der Waals surface area (Å²) in [5, 5.41) is 3.82. The van der Waals surface area contributed by atoms with Gasteiger partial charge >= 0.3 is 0 Å². The summed E-state index contributed by atoms with van der Waals surface area (Å²) < 4.78 is 4.73. The third kappa shape index (κ3) is 1.23. The Labute approximate surface area is 75.6 Å². The van der Waals surface area contributed by atoms with Gasteiger partial charge in [0, 0.05) is 10.9 Å². The second-order valence-electron chi connectivity index (χ2n) is 2.46. The van der Waals surface area contributed by atoms with Crippen molar-refractivity contribution in [1.29, 1.82) is 0 Å². The van der Waals surface area contributed by atoms with E-state index < -0.39 is 0 Å². The molecule has 1 aliphatic carbocycles. The quantitative estimate of drug-likeness (QED) is 0.612. The molecule has 0 amide bonds. The van der Waals surface area contributed by atoms with Gasteiger partial charge in [0.25, 0.3) is 0 Å². The molecule has 0 aliphatic heterocycles. The number of hydrogen-bond acceptors (Lipinski definition) is 3. The lowest BCUT2D eigenvalue weighted by atomic mass is 9.97. The van der Waals surface area contributed by atoms with Gasteiger partial charge < -0.3 is 4.52 Å². The fraction of sp³-hybridized carbons (Fsp3) is 0.111. The average Bonchev–Trinajstić information content (AvgIpc) is 2.57. The van der Waals surface area contributed by atoms with Gasteiger partial charge in [-0.05, 0) is 6.08 Å². The zero-order valence-electron chi connectivity index (χ0n) is 6.23. The molecule has 2 nitrogen and oxygen atoms in total. The van der Waals surface area contributed by atoms with Gasteiger partial charge in [0.15, 0.2) is 0 Å². The van der Waals surface area contributed by atoms with Crippen molar-refractivity contribution < 1.29 is 4.52 Å². The third-order valence-corrected chi connectivity index (χ3v) is 2.06. The van der Waals surface area contributed by atoms with Crippen LogP contribution in [0.15, 0.2) is 35.1 Å². The Kier molecular flexibility index (Phi) is 1.87. The predicted octanol–water partition coefficient (Wildman–Crippen LogP) is 2.06. The molecule has 1 unspecified atom stereocenters. The van der Waals surface area contributed by atoms with E-state index in [1.807, 2.05) is 18.2 Å². The molecule has 1 aromatic heterocycles. The first-order chi connectivity index (χ1) is 5.88. The van der Waals surface area contributed by atoms with Crippen LogP contribution in [0.1, 0.15) is 11.6 Å². The number of allylic oxidation sites excluding steroid dienone is 4. The molecule has 1 atom stereocenters. The minimum Gasteiger partial charge on any atom is -0.364 e. The van der Waals surface area contributed by atoms with Crippen LogP contribution < -0.4 is 0 Å². The highest BCUT2D eigenvalue weighted by Gasteiger charge is 2.16. The highest BCUT2D eigenvalue weighted by Crippen LogP contribution is 2.20. The van der Waals surface area contributed by atoms with E-state index in [-0.39, 0.29) is 5.92 Å². The molecule has 0 saturated heterocycles. The van der Waals surface area contributed by atoms with Crippen molar-refractivity contribution in [3.63, 3.8) is 0 Å². The smallest absolute Gasteiger partial charge is 0.124 e. The van der Waals surface area contributed by atoms with E-state index in [0.717, 1.165) is 10.6 Å². The Morgan fingerprint density at radius 1 is 1.58 bits per heavy atom. The Morgan fingerprint density at radius 2 is 2.50 bits per heavy atom.